The van der Waals surface area contributed by atoms with E-state index in [4.69, 9.17) is 0 Å². The molecule has 0 aliphatic carbocycles. The minimum atomic E-state index is 0.480. The van der Waals surface area contributed by atoms with Crippen molar-refractivity contribution in [1.29, 1.82) is 0 Å². The number of rotatable bonds is 6. The lowest BCUT2D eigenvalue weighted by Gasteiger charge is -2.22. The molecule has 1 saturated heterocycles. The zero-order chi connectivity index (χ0) is 15.4. The fourth-order valence-corrected chi connectivity index (χ4v) is 3.48. The van der Waals surface area contributed by atoms with E-state index in [2.05, 4.69) is 41.8 Å². The van der Waals surface area contributed by atoms with Gasteiger partial charge >= 0.3 is 0 Å². The molecule has 0 radical (unpaired) electrons. The largest absolute Gasteiger partial charge is 0.317 e. The first-order valence-electron chi connectivity index (χ1n) is 7.53. The SMILES string of the molecule is C=CCn1c(SCc2n[nH]c(C)n2)nnc1C1CCNCC1. The minimum absolute atomic E-state index is 0.480. The second-order valence-corrected chi connectivity index (χ2v) is 6.33. The van der Waals surface area contributed by atoms with Gasteiger partial charge in [0.05, 0.1) is 5.75 Å². The van der Waals surface area contributed by atoms with Crippen LogP contribution in [0.5, 0.6) is 0 Å². The molecule has 22 heavy (non-hydrogen) atoms. The number of nitrogens with one attached hydrogen (secondary N) is 2. The Hall–Kier alpha value is -1.67. The monoisotopic (exact) mass is 319 g/mol. The van der Waals surface area contributed by atoms with Crippen LogP contribution in [0.2, 0.25) is 0 Å². The Morgan fingerprint density at radius 1 is 1.36 bits per heavy atom. The predicted octanol–water partition coefficient (Wildman–Crippen LogP) is 1.65. The van der Waals surface area contributed by atoms with Gasteiger partial charge in [0.25, 0.3) is 0 Å². The van der Waals surface area contributed by atoms with Crippen molar-refractivity contribution in [3.8, 4) is 0 Å². The van der Waals surface area contributed by atoms with E-state index in [1.165, 1.54) is 0 Å². The molecule has 2 aromatic heterocycles. The summed E-state index contributed by atoms with van der Waals surface area (Å²) in [4.78, 5) is 4.32. The van der Waals surface area contributed by atoms with Crippen molar-refractivity contribution in [2.45, 2.75) is 43.1 Å². The Kier molecular flexibility index (Phi) is 4.89. The molecule has 0 amide bonds. The molecule has 0 spiro atoms. The number of piperidine rings is 1. The maximum Gasteiger partial charge on any atom is 0.191 e. The lowest BCUT2D eigenvalue weighted by Crippen LogP contribution is -2.28. The molecule has 0 unspecified atom stereocenters. The topological polar surface area (TPSA) is 84.3 Å². The summed E-state index contributed by atoms with van der Waals surface area (Å²) < 4.78 is 2.17. The van der Waals surface area contributed by atoms with Crippen molar-refractivity contribution < 1.29 is 0 Å². The van der Waals surface area contributed by atoms with Crippen LogP contribution in [-0.2, 0) is 12.3 Å². The molecule has 1 fully saturated rings. The first-order valence-corrected chi connectivity index (χ1v) is 8.52. The predicted molar refractivity (Wildman–Crippen MR) is 85.7 cm³/mol. The zero-order valence-corrected chi connectivity index (χ0v) is 13.6. The summed E-state index contributed by atoms with van der Waals surface area (Å²) in [5, 5.41) is 20.1. The number of thioether (sulfide) groups is 1. The summed E-state index contributed by atoms with van der Waals surface area (Å²) in [6.07, 6.45) is 4.12. The Balaban J connectivity index is 1.75. The summed E-state index contributed by atoms with van der Waals surface area (Å²) in [6.45, 7) is 8.59. The van der Waals surface area contributed by atoms with Gasteiger partial charge in [0.2, 0.25) is 0 Å². The van der Waals surface area contributed by atoms with Crippen LogP contribution in [-0.4, -0.2) is 43.0 Å². The van der Waals surface area contributed by atoms with Gasteiger partial charge in [0.1, 0.15) is 11.6 Å². The molecular formula is C14H21N7S. The molecule has 0 atom stereocenters. The Labute approximate surface area is 134 Å². The highest BCUT2D eigenvalue weighted by Crippen LogP contribution is 2.28. The third-order valence-electron chi connectivity index (χ3n) is 3.74. The molecule has 3 rings (SSSR count). The summed E-state index contributed by atoms with van der Waals surface area (Å²) in [7, 11) is 0. The Morgan fingerprint density at radius 2 is 2.18 bits per heavy atom. The number of aromatic amines is 1. The number of H-pyrrole nitrogens is 1. The third-order valence-corrected chi connectivity index (χ3v) is 4.70. The van der Waals surface area contributed by atoms with Crippen LogP contribution < -0.4 is 5.32 Å². The van der Waals surface area contributed by atoms with Crippen molar-refractivity contribution in [2.24, 2.45) is 0 Å². The van der Waals surface area contributed by atoms with E-state index < -0.39 is 0 Å². The third kappa shape index (κ3) is 3.38. The van der Waals surface area contributed by atoms with Gasteiger partial charge in [-0.1, -0.05) is 17.8 Å². The van der Waals surface area contributed by atoms with E-state index in [0.717, 1.165) is 55.1 Å². The molecule has 0 aromatic carbocycles. The van der Waals surface area contributed by atoms with E-state index in [1.54, 1.807) is 11.8 Å². The van der Waals surface area contributed by atoms with Crippen molar-refractivity contribution in [3.63, 3.8) is 0 Å². The molecule has 2 aromatic rings. The highest BCUT2D eigenvalue weighted by Gasteiger charge is 2.23. The van der Waals surface area contributed by atoms with Crippen LogP contribution in [0, 0.1) is 6.92 Å². The molecule has 0 bridgehead atoms. The van der Waals surface area contributed by atoms with E-state index in [1.807, 2.05) is 13.0 Å². The summed E-state index contributed by atoms with van der Waals surface area (Å²) in [5.41, 5.74) is 0. The highest BCUT2D eigenvalue weighted by atomic mass is 32.2. The Bertz CT molecular complexity index is 627. The number of hydrogen-bond acceptors (Lipinski definition) is 6. The lowest BCUT2D eigenvalue weighted by atomic mass is 9.97. The smallest absolute Gasteiger partial charge is 0.191 e. The molecule has 1 aliphatic rings. The maximum absolute atomic E-state index is 4.44. The van der Waals surface area contributed by atoms with Crippen molar-refractivity contribution in [2.75, 3.05) is 13.1 Å². The van der Waals surface area contributed by atoms with Gasteiger partial charge in [0.15, 0.2) is 11.0 Å². The van der Waals surface area contributed by atoms with Gasteiger partial charge < -0.3 is 9.88 Å². The molecule has 7 nitrogen and oxygen atoms in total. The number of nitrogens with zero attached hydrogens (tertiary/aromatic N) is 5. The van der Waals surface area contributed by atoms with Gasteiger partial charge in [-0.15, -0.1) is 16.8 Å². The molecule has 3 heterocycles. The molecular weight excluding hydrogens is 298 g/mol. The number of allylic oxidation sites excluding steroid dienone is 1. The van der Waals surface area contributed by atoms with Gasteiger partial charge in [-0.05, 0) is 32.9 Å². The number of aryl methyl sites for hydroxylation is 1. The van der Waals surface area contributed by atoms with Crippen LogP contribution in [0.25, 0.3) is 0 Å². The molecule has 1 aliphatic heterocycles. The average Bonchev–Trinajstić information content (AvgIpc) is 3.13. The summed E-state index contributed by atoms with van der Waals surface area (Å²) in [6, 6.07) is 0. The molecule has 118 valence electrons. The molecule has 2 N–H and O–H groups in total. The van der Waals surface area contributed by atoms with Crippen molar-refractivity contribution in [1.82, 2.24) is 35.3 Å². The Morgan fingerprint density at radius 3 is 2.86 bits per heavy atom. The average molecular weight is 319 g/mol. The van der Waals surface area contributed by atoms with E-state index in [-0.39, 0.29) is 0 Å². The van der Waals surface area contributed by atoms with Crippen LogP contribution >= 0.6 is 11.8 Å². The van der Waals surface area contributed by atoms with Crippen LogP contribution in [0.3, 0.4) is 0 Å². The first kappa shape index (κ1) is 15.2. The lowest BCUT2D eigenvalue weighted by molar-refractivity contribution is 0.431. The minimum Gasteiger partial charge on any atom is -0.317 e. The van der Waals surface area contributed by atoms with Crippen molar-refractivity contribution >= 4 is 11.8 Å². The second-order valence-electron chi connectivity index (χ2n) is 5.39. The fraction of sp³-hybridized carbons (Fsp3) is 0.571. The van der Waals surface area contributed by atoms with Crippen molar-refractivity contribution in [3.05, 3.63) is 30.1 Å². The van der Waals surface area contributed by atoms with Gasteiger partial charge in [-0.25, -0.2) is 4.98 Å². The van der Waals surface area contributed by atoms with E-state index >= 15 is 0 Å². The molecule has 0 saturated carbocycles. The number of aromatic nitrogens is 6. The van der Waals surface area contributed by atoms with Crippen LogP contribution in [0.4, 0.5) is 0 Å². The van der Waals surface area contributed by atoms with Crippen LogP contribution in [0.15, 0.2) is 17.8 Å². The van der Waals surface area contributed by atoms with Gasteiger partial charge in [-0.3, -0.25) is 5.10 Å². The molecule has 8 heteroatoms. The van der Waals surface area contributed by atoms with E-state index in [9.17, 15) is 0 Å². The zero-order valence-electron chi connectivity index (χ0n) is 12.7. The van der Waals surface area contributed by atoms with Crippen LogP contribution in [0.1, 0.15) is 36.2 Å². The fourth-order valence-electron chi connectivity index (χ4n) is 2.67. The normalized spacial score (nSPS) is 16.0. The first-order chi connectivity index (χ1) is 10.8. The number of hydrogen-bond donors (Lipinski definition) is 2. The maximum atomic E-state index is 4.44. The second kappa shape index (κ2) is 7.06. The van der Waals surface area contributed by atoms with E-state index in [0.29, 0.717) is 11.7 Å². The van der Waals surface area contributed by atoms with Gasteiger partial charge in [-0.2, -0.15) is 5.10 Å². The standard InChI is InChI=1S/C14H21N7S/c1-3-8-21-13(11-4-6-15-7-5-11)19-20-14(21)22-9-12-16-10(2)17-18-12/h3,11,15H,1,4-9H2,2H3,(H,16,17,18). The quantitative estimate of drug-likeness (QED) is 0.622. The summed E-state index contributed by atoms with van der Waals surface area (Å²) in [5.74, 6) is 3.87. The highest BCUT2D eigenvalue weighted by molar-refractivity contribution is 7.98. The summed E-state index contributed by atoms with van der Waals surface area (Å²) >= 11 is 1.62. The van der Waals surface area contributed by atoms with Gasteiger partial charge in [0, 0.05) is 12.5 Å².